The zero-order chi connectivity index (χ0) is 47.8. The molecule has 2 nitrogen and oxygen atoms in total. The van der Waals surface area contributed by atoms with Gasteiger partial charge in [-0.1, -0.05) is 206 Å². The van der Waals surface area contributed by atoms with E-state index in [1.54, 1.807) is 0 Å². The highest BCUT2D eigenvalue weighted by Gasteiger charge is 2.51. The fourth-order valence-electron chi connectivity index (χ4n) is 13.4. The second-order valence-electron chi connectivity index (χ2n) is 19.9. The molecule has 1 aromatic heterocycles. The summed E-state index contributed by atoms with van der Waals surface area (Å²) in [4.78, 5) is 2.49. The van der Waals surface area contributed by atoms with E-state index in [-0.39, 0.29) is 0 Å². The molecule has 0 aliphatic heterocycles. The number of para-hydroxylation sites is 1. The maximum atomic E-state index is 2.51. The molecule has 0 fully saturated rings. The van der Waals surface area contributed by atoms with Crippen LogP contribution in [0.4, 0.5) is 17.1 Å². The Morgan fingerprint density at radius 3 is 1.41 bits per heavy atom. The summed E-state index contributed by atoms with van der Waals surface area (Å²) in [5.74, 6) is 0. The van der Waals surface area contributed by atoms with Gasteiger partial charge in [0.1, 0.15) is 0 Å². The zero-order valence-electron chi connectivity index (χ0n) is 39.8. The van der Waals surface area contributed by atoms with Crippen molar-refractivity contribution in [3.63, 3.8) is 0 Å². The molecule has 13 aromatic carbocycles. The van der Waals surface area contributed by atoms with Gasteiger partial charge in [0, 0.05) is 33.5 Å². The summed E-state index contributed by atoms with van der Waals surface area (Å²) in [7, 11) is 0. The van der Waals surface area contributed by atoms with Crippen LogP contribution in [0.5, 0.6) is 0 Å². The lowest BCUT2D eigenvalue weighted by atomic mass is 9.70. The van der Waals surface area contributed by atoms with Crippen LogP contribution >= 0.6 is 0 Å². The van der Waals surface area contributed by atoms with Crippen LogP contribution in [-0.4, -0.2) is 4.57 Å². The standard InChI is InChI=1S/C71H44N2/c1-2-18-47(19-3-1)73-67-32-16-28-52(69(67)70-51-20-5-4-17-45(51)35-42-68(70)73)46-33-36-48(37-34-46)72(49-38-40-57-55-23-7-6-21-53(55)54-22-8-9-24-56(54)62(57)43-49)50-39-41-61-60-27-12-15-31-65(60)71(66(61)44-50)63-29-13-10-25-58(63)59-26-11-14-30-64(59)71/h1-44H. The molecular weight excluding hydrogens is 881 g/mol. The second-order valence-corrected chi connectivity index (χ2v) is 19.9. The predicted octanol–water partition coefficient (Wildman–Crippen LogP) is 18.9. The lowest BCUT2D eigenvalue weighted by Crippen LogP contribution is -2.26. The number of fused-ring (bicyclic) bond motifs is 21. The van der Waals surface area contributed by atoms with Crippen molar-refractivity contribution in [2.45, 2.75) is 5.41 Å². The maximum absolute atomic E-state index is 2.51. The van der Waals surface area contributed by atoms with Gasteiger partial charge in [0.15, 0.2) is 0 Å². The average molecular weight is 925 g/mol. The van der Waals surface area contributed by atoms with Crippen molar-refractivity contribution in [3.05, 3.63) is 289 Å². The SMILES string of the molecule is c1ccc(-n2c3cccc(-c4ccc(N(c5ccc6c(c5)C5(c7ccccc7-c7ccccc75)c5ccccc5-6)c5ccc6c7ccccc7c7ccccc7c6c5)cc4)c3c3c4ccccc4ccc32)cc1. The Bertz CT molecular complexity index is 4520. The molecular formula is C71H44N2. The van der Waals surface area contributed by atoms with E-state index in [1.807, 2.05) is 0 Å². The van der Waals surface area contributed by atoms with Crippen LogP contribution in [0.15, 0.2) is 267 Å². The Hall–Kier alpha value is -9.50. The molecule has 2 aliphatic carbocycles. The van der Waals surface area contributed by atoms with Crippen LogP contribution in [0, 0.1) is 0 Å². The van der Waals surface area contributed by atoms with E-state index >= 15 is 0 Å². The number of hydrogen-bond acceptors (Lipinski definition) is 1. The monoisotopic (exact) mass is 924 g/mol. The van der Waals surface area contributed by atoms with Crippen molar-refractivity contribution in [1.82, 2.24) is 4.57 Å². The number of anilines is 3. The molecule has 2 aliphatic rings. The molecule has 0 amide bonds. The molecule has 2 heteroatoms. The molecule has 16 rings (SSSR count). The van der Waals surface area contributed by atoms with E-state index in [4.69, 9.17) is 0 Å². The number of aromatic nitrogens is 1. The Morgan fingerprint density at radius 2 is 0.753 bits per heavy atom. The van der Waals surface area contributed by atoms with Crippen LogP contribution in [-0.2, 0) is 5.41 Å². The molecule has 1 spiro atoms. The van der Waals surface area contributed by atoms with E-state index in [0.29, 0.717) is 0 Å². The molecule has 73 heavy (non-hydrogen) atoms. The van der Waals surface area contributed by atoms with E-state index in [1.165, 1.54) is 121 Å². The van der Waals surface area contributed by atoms with Gasteiger partial charge in [0.05, 0.1) is 16.4 Å². The normalized spacial score (nSPS) is 13.0. The summed E-state index contributed by atoms with van der Waals surface area (Å²) < 4.78 is 2.43. The Kier molecular flexibility index (Phi) is 8.41. The third kappa shape index (κ3) is 5.52. The fourth-order valence-corrected chi connectivity index (χ4v) is 13.4. The van der Waals surface area contributed by atoms with Crippen molar-refractivity contribution < 1.29 is 0 Å². The number of hydrogen-bond donors (Lipinski definition) is 0. The highest BCUT2D eigenvalue weighted by atomic mass is 15.1. The third-order valence-corrected chi connectivity index (χ3v) is 16.4. The van der Waals surface area contributed by atoms with Crippen LogP contribution in [0.1, 0.15) is 22.3 Å². The molecule has 0 saturated heterocycles. The molecule has 1 heterocycles. The van der Waals surface area contributed by atoms with E-state index < -0.39 is 5.41 Å². The largest absolute Gasteiger partial charge is 0.310 e. The van der Waals surface area contributed by atoms with Gasteiger partial charge in [0.2, 0.25) is 0 Å². The zero-order valence-corrected chi connectivity index (χ0v) is 39.8. The van der Waals surface area contributed by atoms with Gasteiger partial charge in [-0.05, 0) is 159 Å². The third-order valence-electron chi connectivity index (χ3n) is 16.4. The maximum Gasteiger partial charge on any atom is 0.0726 e. The second kappa shape index (κ2) is 15.3. The minimum Gasteiger partial charge on any atom is -0.310 e. The summed E-state index contributed by atoms with van der Waals surface area (Å²) >= 11 is 0. The molecule has 0 unspecified atom stereocenters. The quantitative estimate of drug-likeness (QED) is 0.156. The van der Waals surface area contributed by atoms with Crippen LogP contribution in [0.25, 0.3) is 104 Å². The van der Waals surface area contributed by atoms with Gasteiger partial charge in [-0.2, -0.15) is 0 Å². The summed E-state index contributed by atoms with van der Waals surface area (Å²) in [6.07, 6.45) is 0. The topological polar surface area (TPSA) is 8.17 Å². The summed E-state index contributed by atoms with van der Waals surface area (Å²) in [5.41, 5.74) is 19.3. The number of nitrogens with zero attached hydrogens (tertiary/aromatic N) is 2. The van der Waals surface area contributed by atoms with Gasteiger partial charge in [-0.3, -0.25) is 0 Å². The van der Waals surface area contributed by atoms with Crippen LogP contribution in [0.3, 0.4) is 0 Å². The fraction of sp³-hybridized carbons (Fsp3) is 0.0141. The molecule has 0 radical (unpaired) electrons. The lowest BCUT2D eigenvalue weighted by molar-refractivity contribution is 0.793. The summed E-state index contributed by atoms with van der Waals surface area (Å²) in [5, 5.41) is 12.6. The predicted molar refractivity (Wildman–Crippen MR) is 307 cm³/mol. The van der Waals surface area contributed by atoms with Crippen LogP contribution in [0.2, 0.25) is 0 Å². The summed E-state index contributed by atoms with van der Waals surface area (Å²) in [6, 6.07) is 99.7. The minimum atomic E-state index is -0.467. The van der Waals surface area contributed by atoms with Gasteiger partial charge in [0.25, 0.3) is 0 Å². The molecule has 0 saturated carbocycles. The van der Waals surface area contributed by atoms with Crippen molar-refractivity contribution in [2.75, 3.05) is 4.90 Å². The Labute approximate surface area is 422 Å². The summed E-state index contributed by atoms with van der Waals surface area (Å²) in [6.45, 7) is 0. The highest BCUT2D eigenvalue weighted by molar-refractivity contribution is 6.27. The minimum absolute atomic E-state index is 0.467. The van der Waals surface area contributed by atoms with Crippen molar-refractivity contribution in [3.8, 4) is 39.1 Å². The Morgan fingerprint density at radius 1 is 0.274 bits per heavy atom. The Balaban J connectivity index is 0.938. The van der Waals surface area contributed by atoms with E-state index in [0.717, 1.165) is 22.7 Å². The molecule has 0 atom stereocenters. The molecule has 338 valence electrons. The first-order valence-corrected chi connectivity index (χ1v) is 25.4. The average Bonchev–Trinajstić information content (AvgIpc) is 4.15. The molecule has 0 N–H and O–H groups in total. The van der Waals surface area contributed by atoms with Gasteiger partial charge >= 0.3 is 0 Å². The smallest absolute Gasteiger partial charge is 0.0726 e. The highest BCUT2D eigenvalue weighted by Crippen LogP contribution is 2.63. The van der Waals surface area contributed by atoms with E-state index in [2.05, 4.69) is 276 Å². The lowest BCUT2D eigenvalue weighted by Gasteiger charge is -2.32. The van der Waals surface area contributed by atoms with Crippen molar-refractivity contribution in [1.29, 1.82) is 0 Å². The van der Waals surface area contributed by atoms with Gasteiger partial charge in [-0.25, -0.2) is 0 Å². The number of benzene rings is 13. The number of rotatable bonds is 5. The first kappa shape index (κ1) is 40.3. The van der Waals surface area contributed by atoms with Gasteiger partial charge < -0.3 is 9.47 Å². The molecule has 0 bridgehead atoms. The van der Waals surface area contributed by atoms with Crippen molar-refractivity contribution in [2.24, 2.45) is 0 Å². The van der Waals surface area contributed by atoms with E-state index in [9.17, 15) is 0 Å². The van der Waals surface area contributed by atoms with Crippen molar-refractivity contribution >= 4 is 82.0 Å². The van der Waals surface area contributed by atoms with Crippen LogP contribution < -0.4 is 4.90 Å². The first-order valence-electron chi connectivity index (χ1n) is 25.4. The first-order chi connectivity index (χ1) is 36.2. The molecule has 14 aromatic rings. The van der Waals surface area contributed by atoms with Gasteiger partial charge in [-0.15, -0.1) is 0 Å².